The number of nitrogens with zero attached hydrogens (tertiary/aromatic N) is 1. The van der Waals surface area contributed by atoms with Crippen molar-refractivity contribution in [3.05, 3.63) is 0 Å². The molecule has 5 heteroatoms. The molecule has 0 saturated carbocycles. The first-order valence-electron chi connectivity index (χ1n) is 1.35. The van der Waals surface area contributed by atoms with Gasteiger partial charge in [0, 0.05) is 0 Å². The van der Waals surface area contributed by atoms with Gasteiger partial charge >= 0.3 is 0 Å². The van der Waals surface area contributed by atoms with Crippen LogP contribution in [0.1, 0.15) is 0 Å². The van der Waals surface area contributed by atoms with E-state index >= 15 is 0 Å². The van der Waals surface area contributed by atoms with Crippen molar-refractivity contribution in [1.82, 2.24) is 0 Å². The zero-order valence-electron chi connectivity index (χ0n) is 3.26. The molecule has 0 N–H and O–H groups in total. The molecule has 0 amide bonds. The van der Waals surface area contributed by atoms with Gasteiger partial charge in [-0.25, -0.2) is 8.42 Å². The van der Waals surface area contributed by atoms with Crippen molar-refractivity contribution in [3.8, 4) is 6.07 Å². The van der Waals surface area contributed by atoms with E-state index < -0.39 is 12.8 Å². The van der Waals surface area contributed by atoms with Crippen LogP contribution in [0, 0.1) is 11.3 Å². The molecule has 0 rings (SSSR count). The summed E-state index contributed by atoms with van der Waals surface area (Å²) in [6.45, 7) is 0. The average Bonchev–Trinajstić information content (AvgIpc) is 1.30. The Labute approximate surface area is 53.8 Å². The Morgan fingerprint density at radius 1 is 1.71 bits per heavy atom. The lowest BCUT2D eigenvalue weighted by molar-refractivity contribution is 0.615. The van der Waals surface area contributed by atoms with Gasteiger partial charge in [0.1, 0.15) is 5.75 Å². The molecule has 0 aliphatic rings. The topological polar surface area (TPSA) is 57.9 Å². The van der Waals surface area contributed by atoms with Gasteiger partial charge < -0.3 is 0 Å². The Morgan fingerprint density at radius 2 is 2.14 bits per heavy atom. The number of hydrogen-bond acceptors (Lipinski definition) is 3. The van der Waals surface area contributed by atoms with E-state index in [1.54, 1.807) is 0 Å². The zero-order chi connectivity index (χ0) is 5.91. The molecule has 0 fully saturated rings. The molecule has 0 spiro atoms. The third kappa shape index (κ3) is 6.17. The van der Waals surface area contributed by atoms with Crippen LogP contribution in [-0.4, -0.2) is 14.2 Å². The summed E-state index contributed by atoms with van der Waals surface area (Å²) in [7, 11) is -3.07. The van der Waals surface area contributed by atoms with E-state index in [1.165, 1.54) is 27.3 Å². The highest BCUT2D eigenvalue weighted by atomic mass is 127. The van der Waals surface area contributed by atoms with E-state index in [2.05, 4.69) is 0 Å². The van der Waals surface area contributed by atoms with Gasteiger partial charge in [-0.3, -0.25) is 0 Å². The van der Waals surface area contributed by atoms with Crippen LogP contribution in [0.15, 0.2) is 0 Å². The summed E-state index contributed by atoms with van der Waals surface area (Å²) in [5.41, 5.74) is 0. The highest BCUT2D eigenvalue weighted by molar-refractivity contribution is 14.2. The van der Waals surface area contributed by atoms with Crippen LogP contribution in [0.25, 0.3) is 0 Å². The number of nitriles is 1. The third-order valence-corrected chi connectivity index (χ3v) is 1.65. The quantitative estimate of drug-likeness (QED) is 0.480. The van der Waals surface area contributed by atoms with Crippen LogP contribution in [-0.2, 0) is 7.01 Å². The molecule has 0 aliphatic carbocycles. The van der Waals surface area contributed by atoms with Crippen molar-refractivity contribution in [2.45, 2.75) is 0 Å². The van der Waals surface area contributed by atoms with Gasteiger partial charge in [0.05, 0.1) is 27.3 Å². The summed E-state index contributed by atoms with van der Waals surface area (Å²) in [6.07, 6.45) is 0. The number of halogens is 1. The van der Waals surface area contributed by atoms with Crippen LogP contribution >= 0.6 is 21.2 Å². The van der Waals surface area contributed by atoms with Crippen LogP contribution in [0.5, 0.6) is 0 Å². The molecule has 0 bridgehead atoms. The van der Waals surface area contributed by atoms with Gasteiger partial charge in [-0.05, 0) is 0 Å². The Bertz CT molecular complexity index is 176. The van der Waals surface area contributed by atoms with Gasteiger partial charge in [-0.2, -0.15) is 5.26 Å². The van der Waals surface area contributed by atoms with Crippen molar-refractivity contribution in [3.63, 3.8) is 0 Å². The summed E-state index contributed by atoms with van der Waals surface area (Å²) >= 11 is 1.23. The van der Waals surface area contributed by atoms with Crippen LogP contribution in [0.3, 0.4) is 0 Å². The molecule has 0 unspecified atom stereocenters. The number of rotatable bonds is 1. The normalized spacial score (nSPS) is 10.3. The monoisotopic (exact) mass is 231 g/mol. The minimum Gasteiger partial charge on any atom is -0.217 e. The zero-order valence-corrected chi connectivity index (χ0v) is 6.23. The molecule has 0 aliphatic heterocycles. The molecule has 40 valence electrons. The maximum atomic E-state index is 10.00. The summed E-state index contributed by atoms with van der Waals surface area (Å²) in [5, 5.41) is 7.77. The Morgan fingerprint density at radius 3 is 2.14 bits per heavy atom. The first kappa shape index (κ1) is 7.17. The fourth-order valence-corrected chi connectivity index (χ4v) is 0.649. The summed E-state index contributed by atoms with van der Waals surface area (Å²) in [4.78, 5) is 0. The van der Waals surface area contributed by atoms with E-state index in [4.69, 9.17) is 5.26 Å². The molecule has 0 heterocycles. The molecule has 3 nitrogen and oxygen atoms in total. The largest absolute Gasteiger partial charge is 0.217 e. The fraction of sp³-hybridized carbons (Fsp3) is 0.500. The molecule has 0 aromatic carbocycles. The maximum Gasteiger partial charge on any atom is 0.216 e. The smallest absolute Gasteiger partial charge is 0.216 e. The first-order chi connectivity index (χ1) is 3.06. The average molecular weight is 231 g/mol. The summed E-state index contributed by atoms with van der Waals surface area (Å²) < 4.78 is 20.0. The van der Waals surface area contributed by atoms with Gasteiger partial charge in [-0.1, -0.05) is 0 Å². The minimum absolute atomic E-state index is 0.395. The van der Waals surface area contributed by atoms with Crippen molar-refractivity contribution in [1.29, 1.82) is 5.26 Å². The second kappa shape index (κ2) is 2.47. The van der Waals surface area contributed by atoms with Crippen molar-refractivity contribution < 1.29 is 8.42 Å². The molecule has 7 heavy (non-hydrogen) atoms. The standard InChI is InChI=1S/C2H2INO2S/c3-7(5,6)2-1-4/h2H2. The Balaban J connectivity index is 3.92. The minimum atomic E-state index is -3.07. The molecule has 0 aromatic rings. The third-order valence-electron chi connectivity index (χ3n) is 0.237. The van der Waals surface area contributed by atoms with Crippen molar-refractivity contribution >= 4 is 28.2 Å². The van der Waals surface area contributed by atoms with E-state index in [9.17, 15) is 8.42 Å². The van der Waals surface area contributed by atoms with E-state index in [-0.39, 0.29) is 0 Å². The predicted octanol–water partition coefficient (Wildman–Crippen LogP) is 0.275. The predicted molar refractivity (Wildman–Crippen MR) is 33.4 cm³/mol. The lowest BCUT2D eigenvalue weighted by Crippen LogP contribution is -1.90. The molecule has 0 radical (unpaired) electrons. The van der Waals surface area contributed by atoms with Gasteiger partial charge in [0.2, 0.25) is 7.01 Å². The summed E-state index contributed by atoms with van der Waals surface area (Å²) in [5.74, 6) is -0.395. The summed E-state index contributed by atoms with van der Waals surface area (Å²) in [6, 6.07) is 1.51. The van der Waals surface area contributed by atoms with Gasteiger partial charge in [0.15, 0.2) is 0 Å². The molecule has 0 saturated heterocycles. The van der Waals surface area contributed by atoms with E-state index in [0.717, 1.165) is 0 Å². The highest BCUT2D eigenvalue weighted by Crippen LogP contribution is 1.97. The molecule has 0 atom stereocenters. The second-order valence-corrected chi connectivity index (χ2v) is 6.23. The van der Waals surface area contributed by atoms with Crippen molar-refractivity contribution in [2.24, 2.45) is 0 Å². The van der Waals surface area contributed by atoms with E-state index in [0.29, 0.717) is 0 Å². The van der Waals surface area contributed by atoms with Crippen LogP contribution in [0.4, 0.5) is 0 Å². The second-order valence-electron chi connectivity index (χ2n) is 0.841. The highest BCUT2D eigenvalue weighted by Gasteiger charge is 1.99. The molecular weight excluding hydrogens is 229 g/mol. The first-order valence-corrected chi connectivity index (χ1v) is 5.55. The molecule has 0 aromatic heterocycles. The van der Waals surface area contributed by atoms with Crippen LogP contribution < -0.4 is 0 Å². The SMILES string of the molecule is N#CCS(=O)(=O)I. The van der Waals surface area contributed by atoms with Gasteiger partial charge in [0.25, 0.3) is 0 Å². The van der Waals surface area contributed by atoms with Crippen LogP contribution in [0.2, 0.25) is 0 Å². The maximum absolute atomic E-state index is 10.00. The van der Waals surface area contributed by atoms with E-state index in [1.807, 2.05) is 0 Å². The Hall–Kier alpha value is 0.170. The fourth-order valence-electron chi connectivity index (χ4n) is 0.0771. The van der Waals surface area contributed by atoms with Gasteiger partial charge in [-0.15, -0.1) is 0 Å². The Kier molecular flexibility index (Phi) is 2.53. The van der Waals surface area contributed by atoms with Crippen molar-refractivity contribution in [2.75, 3.05) is 5.75 Å². The lowest BCUT2D eigenvalue weighted by atomic mass is 10.9. The lowest BCUT2D eigenvalue weighted by Gasteiger charge is -1.76. The molecular formula is C2H2INO2S. The number of hydrogen-bond donors (Lipinski definition) is 0.